The molecule has 1 aliphatic heterocycles. The molecule has 1 aromatic rings. The molecule has 2 rings (SSSR count). The second-order valence-electron chi connectivity index (χ2n) is 7.20. The molecule has 2 amide bonds. The largest absolute Gasteiger partial charge is 0.462 e. The Hall–Kier alpha value is -2.84. The number of aliphatic imine (C=N–C) groups is 1. The van der Waals surface area contributed by atoms with E-state index in [9.17, 15) is 14.4 Å². The van der Waals surface area contributed by atoms with E-state index in [0.717, 1.165) is 36.3 Å². The van der Waals surface area contributed by atoms with Gasteiger partial charge in [0.15, 0.2) is 5.84 Å². The molecular formula is C23H30N2O6. The number of rotatable bonds is 12. The second kappa shape index (κ2) is 12.1. The van der Waals surface area contributed by atoms with Crippen LogP contribution in [0, 0.1) is 5.92 Å². The molecular weight excluding hydrogens is 400 g/mol. The minimum Gasteiger partial charge on any atom is -0.462 e. The van der Waals surface area contributed by atoms with E-state index < -0.39 is 23.9 Å². The molecule has 168 valence electrons. The molecule has 2 unspecified atom stereocenters. The van der Waals surface area contributed by atoms with Crippen LogP contribution in [0.5, 0.6) is 0 Å². The van der Waals surface area contributed by atoms with E-state index in [1.165, 1.54) is 14.2 Å². The summed E-state index contributed by atoms with van der Waals surface area (Å²) in [5.74, 6) is -2.40. The van der Waals surface area contributed by atoms with Gasteiger partial charge >= 0.3 is 17.8 Å². The van der Waals surface area contributed by atoms with E-state index in [-0.39, 0.29) is 23.9 Å². The van der Waals surface area contributed by atoms with Crippen molar-refractivity contribution in [3.63, 3.8) is 0 Å². The van der Waals surface area contributed by atoms with Gasteiger partial charge in [-0.3, -0.25) is 14.4 Å². The summed E-state index contributed by atoms with van der Waals surface area (Å²) < 4.78 is 11.1. The van der Waals surface area contributed by atoms with Crippen molar-refractivity contribution in [3.8, 4) is 0 Å². The minimum absolute atomic E-state index is 0.113. The highest BCUT2D eigenvalue weighted by Crippen LogP contribution is 2.22. The fraction of sp³-hybridized carbons (Fsp3) is 0.478. The summed E-state index contributed by atoms with van der Waals surface area (Å²) in [5.41, 5.74) is 0.845. The topological polar surface area (TPSA) is 94.5 Å². The molecule has 0 saturated carbocycles. The minimum atomic E-state index is -1.13. The number of carbonyl (C=O) groups is 3. The maximum Gasteiger partial charge on any atom is 0.343 e. The van der Waals surface area contributed by atoms with Gasteiger partial charge in [-0.15, -0.1) is 0 Å². The Labute approximate surface area is 182 Å². The number of hydroxylamine groups is 2. The Morgan fingerprint density at radius 1 is 1.16 bits per heavy atom. The fourth-order valence-corrected chi connectivity index (χ4v) is 3.25. The van der Waals surface area contributed by atoms with Gasteiger partial charge in [0.2, 0.25) is 0 Å². The molecule has 0 N–H and O–H groups in total. The van der Waals surface area contributed by atoms with Gasteiger partial charge in [-0.2, -0.15) is 10.1 Å². The van der Waals surface area contributed by atoms with Gasteiger partial charge in [0, 0.05) is 7.11 Å². The predicted octanol–water partition coefficient (Wildman–Crippen LogP) is 3.17. The van der Waals surface area contributed by atoms with Crippen molar-refractivity contribution in [2.75, 3.05) is 20.8 Å². The van der Waals surface area contributed by atoms with E-state index >= 15 is 0 Å². The van der Waals surface area contributed by atoms with Gasteiger partial charge in [-0.25, -0.2) is 4.79 Å². The number of amides is 2. The van der Waals surface area contributed by atoms with E-state index in [0.29, 0.717) is 0 Å². The monoisotopic (exact) mass is 430 g/mol. The number of methoxy groups -OCH3 is 1. The van der Waals surface area contributed by atoms with Crippen molar-refractivity contribution < 1.29 is 28.7 Å². The molecule has 0 aliphatic carbocycles. The maximum absolute atomic E-state index is 13.1. The molecule has 0 fully saturated rings. The summed E-state index contributed by atoms with van der Waals surface area (Å²) in [7, 11) is 2.59. The number of hydrogen-bond acceptors (Lipinski definition) is 6. The second-order valence-corrected chi connectivity index (χ2v) is 7.20. The summed E-state index contributed by atoms with van der Waals surface area (Å²) in [4.78, 5) is 45.7. The Balaban J connectivity index is 2.35. The first kappa shape index (κ1) is 24.4. The molecule has 8 heteroatoms. The van der Waals surface area contributed by atoms with Crippen LogP contribution in [0.1, 0.15) is 45.1 Å². The highest BCUT2D eigenvalue weighted by atomic mass is 16.7. The van der Waals surface area contributed by atoms with Crippen LogP contribution < -0.4 is 0 Å². The molecule has 31 heavy (non-hydrogen) atoms. The van der Waals surface area contributed by atoms with Crippen LogP contribution in [0.3, 0.4) is 0 Å². The van der Waals surface area contributed by atoms with E-state index in [1.54, 1.807) is 6.08 Å². The molecule has 0 radical (unpaired) electrons. The number of amidine groups is 1. The summed E-state index contributed by atoms with van der Waals surface area (Å²) in [6.45, 7) is 4.46. The highest BCUT2D eigenvalue weighted by Gasteiger charge is 2.41. The van der Waals surface area contributed by atoms with Crippen LogP contribution in [0.4, 0.5) is 0 Å². The SMILES string of the molecule is CCCCC(CC)COC(=O)C(=Cc1ccccc1)C(OC)C1=NC(=O)C(=O)N1OC. The average molecular weight is 431 g/mol. The van der Waals surface area contributed by atoms with Crippen LogP contribution in [0.25, 0.3) is 6.08 Å². The molecule has 0 spiro atoms. The van der Waals surface area contributed by atoms with Crippen molar-refractivity contribution in [1.82, 2.24) is 5.06 Å². The number of ether oxygens (including phenoxy) is 2. The average Bonchev–Trinajstić information content (AvgIpc) is 3.07. The number of esters is 1. The number of nitrogens with zero attached hydrogens (tertiary/aromatic N) is 2. The Morgan fingerprint density at radius 2 is 1.87 bits per heavy atom. The van der Waals surface area contributed by atoms with Crippen molar-refractivity contribution in [1.29, 1.82) is 0 Å². The molecule has 2 atom stereocenters. The number of carbonyl (C=O) groups excluding carboxylic acids is 3. The molecule has 8 nitrogen and oxygen atoms in total. The summed E-state index contributed by atoms with van der Waals surface area (Å²) in [5, 5.41) is 0.735. The van der Waals surface area contributed by atoms with Crippen LogP contribution in [0.15, 0.2) is 40.9 Å². The van der Waals surface area contributed by atoms with Crippen molar-refractivity contribution in [2.45, 2.75) is 45.6 Å². The van der Waals surface area contributed by atoms with Crippen LogP contribution in [-0.4, -0.2) is 55.6 Å². The smallest absolute Gasteiger partial charge is 0.343 e. The molecule has 0 saturated heterocycles. The lowest BCUT2D eigenvalue weighted by Gasteiger charge is -2.23. The Morgan fingerprint density at radius 3 is 2.45 bits per heavy atom. The number of unbranched alkanes of at least 4 members (excludes halogenated alkanes) is 1. The molecule has 1 aliphatic rings. The maximum atomic E-state index is 13.1. The Kier molecular flexibility index (Phi) is 9.55. The molecule has 1 heterocycles. The number of hydrogen-bond donors (Lipinski definition) is 0. The van der Waals surface area contributed by atoms with E-state index in [2.05, 4.69) is 18.8 Å². The first-order chi connectivity index (χ1) is 15.0. The van der Waals surface area contributed by atoms with Crippen LogP contribution >= 0.6 is 0 Å². The predicted molar refractivity (Wildman–Crippen MR) is 116 cm³/mol. The van der Waals surface area contributed by atoms with Gasteiger partial charge in [0.25, 0.3) is 0 Å². The van der Waals surface area contributed by atoms with Gasteiger partial charge < -0.3 is 9.47 Å². The third kappa shape index (κ3) is 6.32. The molecule has 1 aromatic carbocycles. The van der Waals surface area contributed by atoms with E-state index in [1.807, 2.05) is 30.3 Å². The summed E-state index contributed by atoms with van der Waals surface area (Å²) in [6, 6.07) is 9.15. The van der Waals surface area contributed by atoms with Crippen LogP contribution in [0.2, 0.25) is 0 Å². The first-order valence-corrected chi connectivity index (χ1v) is 10.4. The zero-order valence-electron chi connectivity index (χ0n) is 18.5. The molecule has 0 aromatic heterocycles. The van der Waals surface area contributed by atoms with Gasteiger partial charge in [-0.05, 0) is 24.0 Å². The first-order valence-electron chi connectivity index (χ1n) is 10.4. The standard InChI is InChI=1S/C23H30N2O6/c1-5-7-11-16(6-2)15-31-23(28)18(14-17-12-9-8-10-13-17)19(29-3)20-24-21(26)22(27)25(20)30-4/h8-10,12-14,16,19H,5-7,11,15H2,1-4H3. The third-order valence-corrected chi connectivity index (χ3v) is 5.08. The van der Waals surface area contributed by atoms with Crippen LogP contribution in [-0.2, 0) is 28.7 Å². The Bertz CT molecular complexity index is 834. The van der Waals surface area contributed by atoms with Crippen molar-refractivity contribution in [2.24, 2.45) is 10.9 Å². The lowest BCUT2D eigenvalue weighted by atomic mass is 10.0. The van der Waals surface area contributed by atoms with Gasteiger partial charge in [0.1, 0.15) is 6.10 Å². The van der Waals surface area contributed by atoms with Crippen molar-refractivity contribution in [3.05, 3.63) is 41.5 Å². The number of benzene rings is 1. The summed E-state index contributed by atoms with van der Waals surface area (Å²) >= 11 is 0. The fourth-order valence-electron chi connectivity index (χ4n) is 3.25. The lowest BCUT2D eigenvalue weighted by Crippen LogP contribution is -2.42. The summed E-state index contributed by atoms with van der Waals surface area (Å²) in [6.07, 6.45) is 4.48. The zero-order valence-corrected chi connectivity index (χ0v) is 18.5. The zero-order chi connectivity index (χ0) is 22.8. The lowest BCUT2D eigenvalue weighted by molar-refractivity contribution is -0.160. The quantitative estimate of drug-likeness (QED) is 0.287. The van der Waals surface area contributed by atoms with Gasteiger partial charge in [-0.1, -0.05) is 63.4 Å². The van der Waals surface area contributed by atoms with Crippen molar-refractivity contribution >= 4 is 29.7 Å². The normalized spacial score (nSPS) is 16.3. The van der Waals surface area contributed by atoms with Gasteiger partial charge in [0.05, 0.1) is 19.3 Å². The highest BCUT2D eigenvalue weighted by molar-refractivity contribution is 6.44. The van der Waals surface area contributed by atoms with E-state index in [4.69, 9.17) is 14.3 Å². The third-order valence-electron chi connectivity index (χ3n) is 5.08. The molecule has 0 bridgehead atoms.